The van der Waals surface area contributed by atoms with Crippen molar-refractivity contribution < 1.29 is 30.7 Å². The molecule has 2 rings (SSSR count). The van der Waals surface area contributed by atoms with Gasteiger partial charge < -0.3 is 4.55 Å². The van der Waals surface area contributed by atoms with E-state index < -0.39 is 15.6 Å². The summed E-state index contributed by atoms with van der Waals surface area (Å²) in [5, 5.41) is 0. The SMILES string of the molecule is CCc1cccc(CC)c1[N+]1=CC(C)(C)CC1(C)C.O=S(=O)([O-])C(F)(F)F. The van der Waals surface area contributed by atoms with E-state index >= 15 is 0 Å². The Morgan fingerprint density at radius 3 is 1.74 bits per heavy atom. The average molecular weight is 407 g/mol. The quantitative estimate of drug-likeness (QED) is 0.411. The molecule has 4 nitrogen and oxygen atoms in total. The number of hydrogen-bond acceptors (Lipinski definition) is 3. The Kier molecular flexibility index (Phi) is 6.92. The number of rotatable bonds is 3. The van der Waals surface area contributed by atoms with Crippen LogP contribution in [0.4, 0.5) is 18.9 Å². The van der Waals surface area contributed by atoms with Crippen LogP contribution in [0, 0.1) is 5.41 Å². The van der Waals surface area contributed by atoms with E-state index in [0.29, 0.717) is 0 Å². The number of para-hydroxylation sites is 1. The fourth-order valence-electron chi connectivity index (χ4n) is 3.66. The van der Waals surface area contributed by atoms with Crippen LogP contribution in [-0.2, 0) is 23.0 Å². The van der Waals surface area contributed by atoms with Gasteiger partial charge in [0.25, 0.3) is 0 Å². The second-order valence-corrected chi connectivity index (χ2v) is 9.38. The van der Waals surface area contributed by atoms with Crippen LogP contribution in [0.15, 0.2) is 18.2 Å². The van der Waals surface area contributed by atoms with Crippen molar-refractivity contribution in [3.05, 3.63) is 29.3 Å². The van der Waals surface area contributed by atoms with Gasteiger partial charge in [-0.1, -0.05) is 45.9 Å². The zero-order chi connectivity index (χ0) is 21.3. The highest BCUT2D eigenvalue weighted by atomic mass is 32.2. The molecule has 0 atom stereocenters. The molecule has 0 spiro atoms. The molecule has 27 heavy (non-hydrogen) atoms. The fraction of sp³-hybridized carbons (Fsp3) is 0.632. The number of benzene rings is 1. The maximum Gasteiger partial charge on any atom is 0.485 e. The van der Waals surface area contributed by atoms with Crippen LogP contribution in [-0.4, -0.2) is 34.8 Å². The first-order valence-corrected chi connectivity index (χ1v) is 10.2. The number of hydrogen-bond donors (Lipinski definition) is 0. The maximum atomic E-state index is 10.7. The van der Waals surface area contributed by atoms with E-state index in [1.807, 2.05) is 0 Å². The minimum atomic E-state index is -6.09. The van der Waals surface area contributed by atoms with E-state index in [0.717, 1.165) is 12.8 Å². The molecule has 1 aromatic carbocycles. The fourth-order valence-corrected chi connectivity index (χ4v) is 3.66. The minimum Gasteiger partial charge on any atom is -0.741 e. The monoisotopic (exact) mass is 407 g/mol. The number of aryl methyl sites for hydroxylation is 2. The molecule has 1 aromatic rings. The highest BCUT2D eigenvalue weighted by molar-refractivity contribution is 7.86. The van der Waals surface area contributed by atoms with E-state index in [1.165, 1.54) is 23.2 Å². The summed E-state index contributed by atoms with van der Waals surface area (Å²) in [6, 6.07) is 6.77. The van der Waals surface area contributed by atoms with Gasteiger partial charge in [0.05, 0.1) is 0 Å². The summed E-state index contributed by atoms with van der Waals surface area (Å²) in [6.07, 6.45) is 5.86. The van der Waals surface area contributed by atoms with E-state index in [4.69, 9.17) is 13.0 Å². The first-order valence-electron chi connectivity index (χ1n) is 8.84. The van der Waals surface area contributed by atoms with Gasteiger partial charge in [-0.2, -0.15) is 17.7 Å². The van der Waals surface area contributed by atoms with Crippen molar-refractivity contribution in [3.8, 4) is 0 Å². The van der Waals surface area contributed by atoms with Gasteiger partial charge in [0.1, 0.15) is 0 Å². The number of halogens is 3. The molecule has 0 unspecified atom stereocenters. The van der Waals surface area contributed by atoms with Gasteiger partial charge in [0.15, 0.2) is 21.9 Å². The Bertz CT molecular complexity index is 788. The molecule has 154 valence electrons. The van der Waals surface area contributed by atoms with Crippen molar-refractivity contribution >= 4 is 22.0 Å². The molecule has 0 saturated carbocycles. The number of nitrogens with zero attached hydrogens (tertiary/aromatic N) is 1. The van der Waals surface area contributed by atoms with Gasteiger partial charge in [-0.3, -0.25) is 0 Å². The molecule has 0 aliphatic carbocycles. The molecular weight excluding hydrogens is 379 g/mol. The average Bonchev–Trinajstić information content (AvgIpc) is 2.72. The molecule has 0 radical (unpaired) electrons. The van der Waals surface area contributed by atoms with Crippen LogP contribution in [0.3, 0.4) is 0 Å². The summed E-state index contributed by atoms with van der Waals surface area (Å²) in [4.78, 5) is 0. The smallest absolute Gasteiger partial charge is 0.485 e. The van der Waals surface area contributed by atoms with Crippen molar-refractivity contribution in [2.75, 3.05) is 0 Å². The van der Waals surface area contributed by atoms with Crippen molar-refractivity contribution in [2.24, 2.45) is 5.41 Å². The van der Waals surface area contributed by atoms with Crippen LogP contribution in [0.5, 0.6) is 0 Å². The Labute approximate surface area is 159 Å². The van der Waals surface area contributed by atoms with E-state index in [2.05, 4.69) is 70.5 Å². The Hall–Kier alpha value is -1.41. The normalized spacial score (nSPS) is 18.5. The van der Waals surface area contributed by atoms with E-state index in [1.54, 1.807) is 0 Å². The van der Waals surface area contributed by atoms with E-state index in [9.17, 15) is 13.2 Å². The molecule has 0 amide bonds. The third-order valence-electron chi connectivity index (χ3n) is 4.51. The highest BCUT2D eigenvalue weighted by Gasteiger charge is 2.47. The second kappa shape index (κ2) is 7.91. The third kappa shape index (κ3) is 5.78. The molecule has 0 aromatic heterocycles. The number of alkyl halides is 3. The Morgan fingerprint density at radius 1 is 1.07 bits per heavy atom. The Morgan fingerprint density at radius 2 is 1.48 bits per heavy atom. The zero-order valence-corrected chi connectivity index (χ0v) is 17.5. The molecular formula is C19H28F3NO3S. The van der Waals surface area contributed by atoms with Crippen LogP contribution < -0.4 is 0 Å². The third-order valence-corrected chi connectivity index (χ3v) is 5.08. The summed E-state index contributed by atoms with van der Waals surface area (Å²) in [7, 11) is -6.09. The second-order valence-electron chi connectivity index (χ2n) is 8.01. The molecule has 1 aliphatic heterocycles. The Balaban J connectivity index is 0.000000387. The molecule has 0 saturated heterocycles. The van der Waals surface area contributed by atoms with Crippen molar-refractivity contribution in [1.82, 2.24) is 0 Å². The lowest BCUT2D eigenvalue weighted by Gasteiger charge is -2.21. The predicted molar refractivity (Wildman–Crippen MR) is 99.4 cm³/mol. The van der Waals surface area contributed by atoms with Gasteiger partial charge >= 0.3 is 5.51 Å². The van der Waals surface area contributed by atoms with Gasteiger partial charge in [-0.15, -0.1) is 0 Å². The molecule has 0 bridgehead atoms. The topological polar surface area (TPSA) is 60.2 Å². The van der Waals surface area contributed by atoms with Crippen LogP contribution in [0.1, 0.15) is 59.1 Å². The van der Waals surface area contributed by atoms with Gasteiger partial charge in [0, 0.05) is 36.8 Å². The van der Waals surface area contributed by atoms with Gasteiger partial charge in [-0.25, -0.2) is 8.42 Å². The summed E-state index contributed by atoms with van der Waals surface area (Å²) < 4.78 is 61.4. The minimum absolute atomic E-state index is 0.207. The lowest BCUT2D eigenvalue weighted by molar-refractivity contribution is -0.512. The van der Waals surface area contributed by atoms with Crippen LogP contribution >= 0.6 is 0 Å². The summed E-state index contributed by atoms with van der Waals surface area (Å²) in [5.74, 6) is 0. The van der Waals surface area contributed by atoms with Crippen molar-refractivity contribution in [3.63, 3.8) is 0 Å². The predicted octanol–water partition coefficient (Wildman–Crippen LogP) is 4.79. The summed E-state index contributed by atoms with van der Waals surface area (Å²) >= 11 is 0. The van der Waals surface area contributed by atoms with Crippen molar-refractivity contribution in [2.45, 2.75) is 71.9 Å². The van der Waals surface area contributed by atoms with Crippen LogP contribution in [0.25, 0.3) is 0 Å². The zero-order valence-electron chi connectivity index (χ0n) is 16.6. The first-order chi connectivity index (χ1) is 12.1. The summed E-state index contributed by atoms with van der Waals surface area (Å²) in [6.45, 7) is 13.9. The highest BCUT2D eigenvalue weighted by Crippen LogP contribution is 2.41. The van der Waals surface area contributed by atoms with Crippen LogP contribution in [0.2, 0.25) is 0 Å². The lowest BCUT2D eigenvalue weighted by atomic mass is 9.85. The largest absolute Gasteiger partial charge is 0.741 e. The summed E-state index contributed by atoms with van der Waals surface area (Å²) in [5.41, 5.74) is -0.744. The first kappa shape index (κ1) is 23.6. The molecule has 0 fully saturated rings. The molecule has 8 heteroatoms. The van der Waals surface area contributed by atoms with Gasteiger partial charge in [0.2, 0.25) is 5.69 Å². The molecule has 0 N–H and O–H groups in total. The lowest BCUT2D eigenvalue weighted by Crippen LogP contribution is -2.30. The van der Waals surface area contributed by atoms with Gasteiger partial charge in [-0.05, 0) is 12.8 Å². The maximum absolute atomic E-state index is 10.7. The van der Waals surface area contributed by atoms with Crippen molar-refractivity contribution in [1.29, 1.82) is 0 Å². The standard InChI is InChI=1S/C18H28N.CHF3O3S/c1-7-14-10-9-11-15(8-2)16(14)19-13-17(3,4)12-18(19,5)6;2-1(3,4)8(5,6)7/h9-11,13H,7-8,12H2,1-6H3;(H,5,6,7)/q+1;/p-1. The molecule has 1 heterocycles. The van der Waals surface area contributed by atoms with E-state index in [-0.39, 0.29) is 11.0 Å². The molecule has 1 aliphatic rings.